The Morgan fingerprint density at radius 3 is 2.63 bits per heavy atom. The largest absolute Gasteiger partial charge is 0.478 e. The van der Waals surface area contributed by atoms with E-state index < -0.39 is 5.97 Å². The van der Waals surface area contributed by atoms with Crippen LogP contribution in [0.5, 0.6) is 0 Å². The smallest absolute Gasteiger partial charge is 0.337 e. The first-order valence-electron chi connectivity index (χ1n) is 9.26. The highest BCUT2D eigenvalue weighted by Gasteiger charge is 2.13. The van der Waals surface area contributed by atoms with E-state index in [1.165, 1.54) is 12.8 Å². The lowest BCUT2D eigenvalue weighted by molar-refractivity contribution is 0.0697. The zero-order valence-corrected chi connectivity index (χ0v) is 15.7. The predicted octanol–water partition coefficient (Wildman–Crippen LogP) is 4.13. The number of hydrogen-bond acceptors (Lipinski definition) is 4. The average molecular weight is 364 g/mol. The van der Waals surface area contributed by atoms with Gasteiger partial charge in [-0.25, -0.2) is 14.5 Å². The van der Waals surface area contributed by atoms with Crippen molar-refractivity contribution in [2.75, 3.05) is 0 Å². The van der Waals surface area contributed by atoms with E-state index in [1.54, 1.807) is 18.3 Å². The molecule has 140 valence electrons. The summed E-state index contributed by atoms with van der Waals surface area (Å²) >= 11 is 0. The van der Waals surface area contributed by atoms with E-state index in [4.69, 9.17) is 0 Å². The molecule has 0 saturated carbocycles. The average Bonchev–Trinajstić information content (AvgIpc) is 3.01. The van der Waals surface area contributed by atoms with Gasteiger partial charge in [0, 0.05) is 24.7 Å². The second kappa shape index (κ2) is 8.58. The van der Waals surface area contributed by atoms with Gasteiger partial charge in [0.1, 0.15) is 11.6 Å². The number of aryl methyl sites for hydroxylation is 2. The van der Waals surface area contributed by atoms with Crippen molar-refractivity contribution >= 4 is 5.97 Å². The monoisotopic (exact) mass is 364 g/mol. The molecule has 3 rings (SSSR count). The van der Waals surface area contributed by atoms with Gasteiger partial charge in [-0.15, -0.1) is 0 Å². The van der Waals surface area contributed by atoms with E-state index in [0.717, 1.165) is 35.7 Å². The summed E-state index contributed by atoms with van der Waals surface area (Å²) in [5.41, 5.74) is 2.58. The Hall–Kier alpha value is -3.02. The molecule has 3 aromatic rings. The van der Waals surface area contributed by atoms with Crippen molar-refractivity contribution in [1.29, 1.82) is 0 Å². The van der Waals surface area contributed by atoms with Crippen molar-refractivity contribution in [3.8, 4) is 11.3 Å². The number of carbonyl (C=O) groups is 1. The molecule has 0 fully saturated rings. The summed E-state index contributed by atoms with van der Waals surface area (Å²) in [4.78, 5) is 20.2. The Morgan fingerprint density at radius 2 is 1.93 bits per heavy atom. The molecular formula is C21H24N4O2. The molecular weight excluding hydrogens is 340 g/mol. The fraction of sp³-hybridized carbons (Fsp3) is 0.333. The lowest BCUT2D eigenvalue weighted by Gasteiger charge is -2.08. The standard InChI is InChI=1S/C21H24N4O2/c1-3-4-5-13-25-19(23-15(2)24-25)14-16-8-10-17(11-9-16)20-18(21(26)27)7-6-12-22-20/h6-12H,3-5,13-14H2,1-2H3,(H,26,27). The van der Waals surface area contributed by atoms with Crippen LogP contribution in [0.4, 0.5) is 0 Å². The molecule has 0 radical (unpaired) electrons. The third-order valence-electron chi connectivity index (χ3n) is 4.46. The molecule has 0 amide bonds. The van der Waals surface area contributed by atoms with E-state index in [2.05, 4.69) is 22.0 Å². The first-order valence-corrected chi connectivity index (χ1v) is 9.26. The summed E-state index contributed by atoms with van der Waals surface area (Å²) in [7, 11) is 0. The molecule has 1 N–H and O–H groups in total. The topological polar surface area (TPSA) is 80.9 Å². The maximum absolute atomic E-state index is 11.4. The van der Waals surface area contributed by atoms with E-state index in [9.17, 15) is 9.90 Å². The minimum absolute atomic E-state index is 0.205. The zero-order valence-electron chi connectivity index (χ0n) is 15.7. The number of nitrogens with zero attached hydrogens (tertiary/aromatic N) is 4. The third-order valence-corrected chi connectivity index (χ3v) is 4.46. The van der Waals surface area contributed by atoms with Crippen molar-refractivity contribution in [2.24, 2.45) is 0 Å². The number of aromatic carboxylic acids is 1. The maximum atomic E-state index is 11.4. The van der Waals surface area contributed by atoms with Gasteiger partial charge in [-0.2, -0.15) is 5.10 Å². The van der Waals surface area contributed by atoms with E-state index >= 15 is 0 Å². The molecule has 0 aliphatic heterocycles. The van der Waals surface area contributed by atoms with E-state index in [1.807, 2.05) is 35.9 Å². The second-order valence-corrected chi connectivity index (χ2v) is 6.58. The van der Waals surface area contributed by atoms with Crippen LogP contribution in [0.3, 0.4) is 0 Å². The van der Waals surface area contributed by atoms with Crippen LogP contribution in [0.25, 0.3) is 11.3 Å². The van der Waals surface area contributed by atoms with E-state index in [-0.39, 0.29) is 5.56 Å². The lowest BCUT2D eigenvalue weighted by Crippen LogP contribution is -2.07. The van der Waals surface area contributed by atoms with Crippen LogP contribution in [0, 0.1) is 6.92 Å². The number of unbranched alkanes of at least 4 members (excludes halogenated alkanes) is 2. The van der Waals surface area contributed by atoms with Gasteiger partial charge in [-0.1, -0.05) is 44.0 Å². The fourth-order valence-electron chi connectivity index (χ4n) is 3.09. The Morgan fingerprint density at radius 1 is 1.15 bits per heavy atom. The summed E-state index contributed by atoms with van der Waals surface area (Å²) < 4.78 is 2.00. The molecule has 0 aliphatic carbocycles. The Labute approximate surface area is 158 Å². The van der Waals surface area contributed by atoms with Crippen molar-refractivity contribution in [1.82, 2.24) is 19.7 Å². The van der Waals surface area contributed by atoms with E-state index in [0.29, 0.717) is 12.1 Å². The quantitative estimate of drug-likeness (QED) is 0.608. The normalized spacial score (nSPS) is 10.9. The number of hydrogen-bond donors (Lipinski definition) is 1. The highest BCUT2D eigenvalue weighted by molar-refractivity contribution is 5.94. The number of rotatable bonds is 8. The zero-order chi connectivity index (χ0) is 19.2. The molecule has 1 aromatic carbocycles. The molecule has 6 heteroatoms. The first-order chi connectivity index (χ1) is 13.1. The van der Waals surface area contributed by atoms with Crippen LogP contribution in [0.1, 0.15) is 53.8 Å². The summed E-state index contributed by atoms with van der Waals surface area (Å²) in [6, 6.07) is 11.0. The molecule has 27 heavy (non-hydrogen) atoms. The molecule has 0 unspecified atom stereocenters. The van der Waals surface area contributed by atoms with Gasteiger partial charge in [-0.3, -0.25) is 4.98 Å². The van der Waals surface area contributed by atoms with Gasteiger partial charge in [-0.05, 0) is 31.0 Å². The van der Waals surface area contributed by atoms with Gasteiger partial charge >= 0.3 is 5.97 Å². The SMILES string of the molecule is CCCCCn1nc(C)nc1Cc1ccc(-c2ncccc2C(=O)O)cc1. The molecule has 2 aromatic heterocycles. The summed E-state index contributed by atoms with van der Waals surface area (Å²) in [5.74, 6) is 0.774. The van der Waals surface area contributed by atoms with Crippen LogP contribution in [-0.2, 0) is 13.0 Å². The highest BCUT2D eigenvalue weighted by atomic mass is 16.4. The van der Waals surface area contributed by atoms with Gasteiger partial charge in [0.25, 0.3) is 0 Å². The minimum Gasteiger partial charge on any atom is -0.478 e. The van der Waals surface area contributed by atoms with Crippen LogP contribution in [0.15, 0.2) is 42.6 Å². The molecule has 0 bridgehead atoms. The second-order valence-electron chi connectivity index (χ2n) is 6.58. The number of carboxylic acids is 1. The van der Waals surface area contributed by atoms with Crippen molar-refractivity contribution < 1.29 is 9.90 Å². The van der Waals surface area contributed by atoms with Gasteiger partial charge in [0.2, 0.25) is 0 Å². The Bertz CT molecular complexity index is 916. The third kappa shape index (κ3) is 4.58. The molecule has 0 spiro atoms. The molecule has 2 heterocycles. The van der Waals surface area contributed by atoms with Crippen LogP contribution in [0.2, 0.25) is 0 Å². The van der Waals surface area contributed by atoms with Gasteiger partial charge in [0.15, 0.2) is 0 Å². The number of pyridine rings is 1. The fourth-order valence-corrected chi connectivity index (χ4v) is 3.09. The summed E-state index contributed by atoms with van der Waals surface area (Å²) in [6.07, 6.45) is 5.76. The van der Waals surface area contributed by atoms with Crippen LogP contribution < -0.4 is 0 Å². The number of aromatic nitrogens is 4. The molecule has 0 atom stereocenters. The number of benzene rings is 1. The van der Waals surface area contributed by atoms with Crippen LogP contribution >= 0.6 is 0 Å². The van der Waals surface area contributed by atoms with Crippen molar-refractivity contribution in [3.05, 3.63) is 65.4 Å². The van der Waals surface area contributed by atoms with Crippen molar-refractivity contribution in [2.45, 2.75) is 46.1 Å². The van der Waals surface area contributed by atoms with Crippen molar-refractivity contribution in [3.63, 3.8) is 0 Å². The Balaban J connectivity index is 1.78. The van der Waals surface area contributed by atoms with Gasteiger partial charge < -0.3 is 5.11 Å². The molecule has 0 saturated heterocycles. The lowest BCUT2D eigenvalue weighted by atomic mass is 10.0. The predicted molar refractivity (Wildman–Crippen MR) is 104 cm³/mol. The van der Waals surface area contributed by atoms with Gasteiger partial charge in [0.05, 0.1) is 11.3 Å². The highest BCUT2D eigenvalue weighted by Crippen LogP contribution is 2.22. The minimum atomic E-state index is -0.974. The molecule has 6 nitrogen and oxygen atoms in total. The van der Waals surface area contributed by atoms with Crippen LogP contribution in [-0.4, -0.2) is 30.8 Å². The Kier molecular flexibility index (Phi) is 5.96. The summed E-state index contributed by atoms with van der Waals surface area (Å²) in [6.45, 7) is 4.99. The number of carboxylic acid groups (broad SMARTS) is 1. The first kappa shape index (κ1) is 18.8. The summed E-state index contributed by atoms with van der Waals surface area (Å²) in [5, 5.41) is 13.8. The molecule has 0 aliphatic rings. The maximum Gasteiger partial charge on any atom is 0.337 e.